The predicted octanol–water partition coefficient (Wildman–Crippen LogP) is 1.69. The van der Waals surface area contributed by atoms with Gasteiger partial charge in [-0.3, -0.25) is 5.10 Å². The first-order chi connectivity index (χ1) is 9.94. The van der Waals surface area contributed by atoms with Crippen LogP contribution >= 0.6 is 0 Å². The summed E-state index contributed by atoms with van der Waals surface area (Å²) in [6.07, 6.45) is 4.44. The van der Waals surface area contributed by atoms with Crippen LogP contribution in [0, 0.1) is 12.3 Å². The Balaban J connectivity index is 2.13. The van der Waals surface area contributed by atoms with Crippen molar-refractivity contribution in [1.29, 1.82) is 0 Å². The monoisotopic (exact) mass is 314 g/mol. The number of aryl methyl sites for hydroxylation is 1. The fourth-order valence-electron chi connectivity index (χ4n) is 2.84. The van der Waals surface area contributed by atoms with Crippen LogP contribution < -0.4 is 10.0 Å². The molecule has 0 saturated heterocycles. The second kappa shape index (κ2) is 6.46. The van der Waals surface area contributed by atoms with Gasteiger partial charge in [0.25, 0.3) is 0 Å². The van der Waals surface area contributed by atoms with Crippen LogP contribution in [0.2, 0.25) is 0 Å². The van der Waals surface area contributed by atoms with Gasteiger partial charge in [-0.05, 0) is 38.1 Å². The summed E-state index contributed by atoms with van der Waals surface area (Å²) < 4.78 is 28.0. The molecule has 1 fully saturated rings. The maximum Gasteiger partial charge on any atom is 0.244 e. The maximum atomic E-state index is 12.6. The number of nitrogens with zero attached hydrogens (tertiary/aromatic N) is 1. The molecular weight excluding hydrogens is 288 g/mol. The standard InChI is InChI=1S/C14H26N4O2S/c1-4-14(7-6-8-14)10-16-21(19,20)13-11(3)17-18-12(13)9-15-5-2/h15-16H,4-10H2,1-3H3,(H,17,18). The molecule has 1 aromatic rings. The predicted molar refractivity (Wildman–Crippen MR) is 82.5 cm³/mol. The Morgan fingerprint density at radius 1 is 1.33 bits per heavy atom. The fraction of sp³-hybridized carbons (Fsp3) is 0.786. The molecule has 0 aliphatic heterocycles. The summed E-state index contributed by atoms with van der Waals surface area (Å²) in [6.45, 7) is 7.61. The molecular formula is C14H26N4O2S. The minimum Gasteiger partial charge on any atom is -0.311 e. The maximum absolute atomic E-state index is 12.6. The van der Waals surface area contributed by atoms with E-state index in [0.29, 0.717) is 29.4 Å². The summed E-state index contributed by atoms with van der Waals surface area (Å²) in [5.74, 6) is 0. The highest BCUT2D eigenvalue weighted by molar-refractivity contribution is 7.89. The van der Waals surface area contributed by atoms with Gasteiger partial charge in [-0.1, -0.05) is 20.3 Å². The van der Waals surface area contributed by atoms with E-state index in [1.54, 1.807) is 6.92 Å². The number of aromatic amines is 1. The molecule has 1 aliphatic rings. The van der Waals surface area contributed by atoms with Gasteiger partial charge in [-0.25, -0.2) is 13.1 Å². The highest BCUT2D eigenvalue weighted by Gasteiger charge is 2.36. The van der Waals surface area contributed by atoms with Crippen molar-refractivity contribution in [3.8, 4) is 0 Å². The molecule has 2 rings (SSSR count). The molecule has 3 N–H and O–H groups in total. The summed E-state index contributed by atoms with van der Waals surface area (Å²) >= 11 is 0. The lowest BCUT2D eigenvalue weighted by Crippen LogP contribution is -2.42. The van der Waals surface area contributed by atoms with Crippen LogP contribution in [-0.4, -0.2) is 31.7 Å². The van der Waals surface area contributed by atoms with E-state index in [4.69, 9.17) is 0 Å². The van der Waals surface area contributed by atoms with Crippen LogP contribution in [-0.2, 0) is 16.6 Å². The summed E-state index contributed by atoms with van der Waals surface area (Å²) in [6, 6.07) is 0. The highest BCUT2D eigenvalue weighted by atomic mass is 32.2. The molecule has 21 heavy (non-hydrogen) atoms. The summed E-state index contributed by atoms with van der Waals surface area (Å²) in [5, 5.41) is 10.0. The van der Waals surface area contributed by atoms with E-state index >= 15 is 0 Å². The van der Waals surface area contributed by atoms with Crippen molar-refractivity contribution < 1.29 is 8.42 Å². The largest absolute Gasteiger partial charge is 0.311 e. The average molecular weight is 314 g/mol. The zero-order valence-corrected chi connectivity index (χ0v) is 13.9. The number of nitrogens with one attached hydrogen (secondary N) is 3. The Morgan fingerprint density at radius 2 is 2.05 bits per heavy atom. The molecule has 1 aliphatic carbocycles. The van der Waals surface area contributed by atoms with E-state index < -0.39 is 10.0 Å². The number of sulfonamides is 1. The lowest BCUT2D eigenvalue weighted by atomic mass is 9.67. The van der Waals surface area contributed by atoms with E-state index in [2.05, 4.69) is 27.2 Å². The van der Waals surface area contributed by atoms with Gasteiger partial charge in [0.2, 0.25) is 10.0 Å². The first kappa shape index (κ1) is 16.5. The van der Waals surface area contributed by atoms with Crippen molar-refractivity contribution in [2.24, 2.45) is 5.41 Å². The molecule has 0 radical (unpaired) electrons. The number of hydrogen-bond acceptors (Lipinski definition) is 4. The number of aromatic nitrogens is 2. The van der Waals surface area contributed by atoms with Gasteiger partial charge >= 0.3 is 0 Å². The minimum absolute atomic E-state index is 0.159. The van der Waals surface area contributed by atoms with Crippen molar-refractivity contribution >= 4 is 10.0 Å². The molecule has 0 spiro atoms. The van der Waals surface area contributed by atoms with E-state index in [1.807, 2.05) is 6.92 Å². The first-order valence-corrected chi connectivity index (χ1v) is 9.16. The third-order valence-electron chi connectivity index (χ3n) is 4.57. The van der Waals surface area contributed by atoms with E-state index in [0.717, 1.165) is 25.8 Å². The molecule has 0 unspecified atom stereocenters. The Morgan fingerprint density at radius 3 is 2.57 bits per heavy atom. The van der Waals surface area contributed by atoms with Gasteiger partial charge in [0.15, 0.2) is 0 Å². The van der Waals surface area contributed by atoms with Gasteiger partial charge in [-0.15, -0.1) is 0 Å². The van der Waals surface area contributed by atoms with Gasteiger partial charge in [0.1, 0.15) is 4.90 Å². The Kier molecular flexibility index (Phi) is 5.06. The minimum atomic E-state index is -3.51. The van der Waals surface area contributed by atoms with Crippen molar-refractivity contribution in [2.75, 3.05) is 13.1 Å². The SMILES string of the molecule is CCNCc1n[nH]c(C)c1S(=O)(=O)NCC1(CC)CCC1. The average Bonchev–Trinajstić information content (AvgIpc) is 2.77. The zero-order chi connectivity index (χ0) is 15.5. The van der Waals surface area contributed by atoms with Crippen LogP contribution in [0.15, 0.2) is 4.90 Å². The summed E-state index contributed by atoms with van der Waals surface area (Å²) in [5.41, 5.74) is 1.31. The van der Waals surface area contributed by atoms with Crippen molar-refractivity contribution in [2.45, 2.75) is 57.9 Å². The van der Waals surface area contributed by atoms with Crippen LogP contribution in [0.4, 0.5) is 0 Å². The molecule has 1 heterocycles. The Labute approximate surface area is 127 Å². The Bertz CT molecular complexity index is 570. The first-order valence-electron chi connectivity index (χ1n) is 7.68. The smallest absolute Gasteiger partial charge is 0.244 e. The van der Waals surface area contributed by atoms with Crippen LogP contribution in [0.25, 0.3) is 0 Å². The van der Waals surface area contributed by atoms with E-state index in [1.165, 1.54) is 6.42 Å². The molecule has 1 saturated carbocycles. The van der Waals surface area contributed by atoms with Crippen LogP contribution in [0.5, 0.6) is 0 Å². The molecule has 1 aromatic heterocycles. The van der Waals surface area contributed by atoms with Crippen LogP contribution in [0.1, 0.15) is 50.9 Å². The van der Waals surface area contributed by atoms with Gasteiger partial charge in [0, 0.05) is 13.1 Å². The second-order valence-corrected chi connectivity index (χ2v) is 7.64. The molecule has 0 amide bonds. The van der Waals surface area contributed by atoms with Gasteiger partial charge in [-0.2, -0.15) is 5.10 Å². The van der Waals surface area contributed by atoms with Crippen molar-refractivity contribution in [3.05, 3.63) is 11.4 Å². The third kappa shape index (κ3) is 3.46. The van der Waals surface area contributed by atoms with Gasteiger partial charge < -0.3 is 5.32 Å². The fourth-order valence-corrected chi connectivity index (χ4v) is 4.36. The molecule has 120 valence electrons. The lowest BCUT2D eigenvalue weighted by Gasteiger charge is -2.41. The topological polar surface area (TPSA) is 86.9 Å². The number of rotatable bonds is 8. The molecule has 6 nitrogen and oxygen atoms in total. The quantitative estimate of drug-likeness (QED) is 0.681. The normalized spacial score (nSPS) is 17.7. The molecule has 0 atom stereocenters. The van der Waals surface area contributed by atoms with Crippen molar-refractivity contribution in [3.63, 3.8) is 0 Å². The second-order valence-electron chi connectivity index (χ2n) is 5.94. The molecule has 7 heteroatoms. The number of H-pyrrole nitrogens is 1. The van der Waals surface area contributed by atoms with Crippen molar-refractivity contribution in [1.82, 2.24) is 20.2 Å². The van der Waals surface area contributed by atoms with E-state index in [9.17, 15) is 8.42 Å². The molecule has 0 bridgehead atoms. The Hall–Kier alpha value is -0.920. The third-order valence-corrected chi connectivity index (χ3v) is 6.18. The van der Waals surface area contributed by atoms with E-state index in [-0.39, 0.29) is 5.41 Å². The molecule has 0 aromatic carbocycles. The summed E-state index contributed by atoms with van der Waals surface area (Å²) in [4.78, 5) is 0.300. The zero-order valence-electron chi connectivity index (χ0n) is 13.1. The summed E-state index contributed by atoms with van der Waals surface area (Å²) in [7, 11) is -3.51. The number of hydrogen-bond donors (Lipinski definition) is 3. The lowest BCUT2D eigenvalue weighted by molar-refractivity contribution is 0.133. The van der Waals surface area contributed by atoms with Gasteiger partial charge in [0.05, 0.1) is 11.4 Å². The van der Waals surface area contributed by atoms with Crippen LogP contribution in [0.3, 0.4) is 0 Å². The highest BCUT2D eigenvalue weighted by Crippen LogP contribution is 2.43.